The van der Waals surface area contributed by atoms with Crippen LogP contribution in [0.3, 0.4) is 0 Å². The average molecular weight is 384 g/mol. The zero-order valence-corrected chi connectivity index (χ0v) is 14.3. The summed E-state index contributed by atoms with van der Waals surface area (Å²) in [5, 5.41) is 9.06. The molecular formula is C17H16ClF2N3O3. The van der Waals surface area contributed by atoms with Crippen LogP contribution in [0.1, 0.15) is 29.2 Å². The molecule has 0 radical (unpaired) electrons. The third-order valence-electron chi connectivity index (χ3n) is 4.99. The molecule has 1 aromatic carbocycles. The Morgan fingerprint density at radius 2 is 2.12 bits per heavy atom. The molecule has 26 heavy (non-hydrogen) atoms. The number of aromatic nitrogens is 1. The molecule has 1 aliphatic heterocycles. The van der Waals surface area contributed by atoms with Crippen LogP contribution in [0, 0.1) is 5.82 Å². The van der Waals surface area contributed by atoms with Gasteiger partial charge in [-0.05, 0) is 12.5 Å². The number of anilines is 1. The minimum atomic E-state index is -1.45. The van der Waals surface area contributed by atoms with E-state index in [1.165, 1.54) is 4.57 Å². The van der Waals surface area contributed by atoms with Crippen LogP contribution in [0.15, 0.2) is 17.1 Å². The topological polar surface area (TPSA) is 88.6 Å². The molecule has 1 saturated carbocycles. The van der Waals surface area contributed by atoms with Gasteiger partial charge >= 0.3 is 5.97 Å². The molecule has 4 rings (SSSR count). The van der Waals surface area contributed by atoms with E-state index in [9.17, 15) is 23.5 Å². The number of halogens is 3. The van der Waals surface area contributed by atoms with Crippen molar-refractivity contribution in [2.24, 2.45) is 5.73 Å². The summed E-state index contributed by atoms with van der Waals surface area (Å²) in [6, 6.07) is 0.255. The van der Waals surface area contributed by atoms with Gasteiger partial charge in [0.05, 0.1) is 27.7 Å². The molecule has 6 nitrogen and oxygen atoms in total. The van der Waals surface area contributed by atoms with Gasteiger partial charge in [-0.2, -0.15) is 0 Å². The molecule has 138 valence electrons. The Balaban J connectivity index is 2.03. The van der Waals surface area contributed by atoms with Crippen molar-refractivity contribution < 1.29 is 18.7 Å². The number of pyridine rings is 1. The number of hydrogen-bond donors (Lipinski definition) is 2. The Hall–Kier alpha value is -2.19. The maximum Gasteiger partial charge on any atom is 0.341 e. The predicted octanol–water partition coefficient (Wildman–Crippen LogP) is 2.31. The molecule has 0 amide bonds. The van der Waals surface area contributed by atoms with Crippen LogP contribution < -0.4 is 16.1 Å². The van der Waals surface area contributed by atoms with Crippen LogP contribution in [-0.2, 0) is 0 Å². The minimum absolute atomic E-state index is 0.0257. The summed E-state index contributed by atoms with van der Waals surface area (Å²) in [7, 11) is 0. The summed E-state index contributed by atoms with van der Waals surface area (Å²) in [4.78, 5) is 25.6. The zero-order valence-electron chi connectivity index (χ0n) is 13.6. The molecule has 3 N–H and O–H groups in total. The predicted molar refractivity (Wildman–Crippen MR) is 93.5 cm³/mol. The third-order valence-corrected chi connectivity index (χ3v) is 5.35. The van der Waals surface area contributed by atoms with Gasteiger partial charge in [-0.1, -0.05) is 11.6 Å². The molecule has 0 spiro atoms. The standard InChI is InChI=1S/C17H16ClF2N3O3/c18-13-14-8(3-11(20)15(13)22-2-1-7(21)5-22)16(24)9(17(25)26)6-23(14)12-4-10(12)19/h3,6-7,10,12H,1-2,4-5,21H2,(H,25,26)/t7-,10-,12+/m0/s1. The molecule has 1 aliphatic carbocycles. The Morgan fingerprint density at radius 1 is 1.42 bits per heavy atom. The van der Waals surface area contributed by atoms with Crippen molar-refractivity contribution in [2.45, 2.75) is 31.1 Å². The quantitative estimate of drug-likeness (QED) is 0.849. The van der Waals surface area contributed by atoms with Gasteiger partial charge in [0.2, 0.25) is 5.43 Å². The highest BCUT2D eigenvalue weighted by Crippen LogP contribution is 2.44. The number of rotatable bonds is 3. The van der Waals surface area contributed by atoms with E-state index in [2.05, 4.69) is 0 Å². The largest absolute Gasteiger partial charge is 0.477 e. The Bertz CT molecular complexity index is 994. The Labute approximate surface area is 151 Å². The minimum Gasteiger partial charge on any atom is -0.477 e. The number of fused-ring (bicyclic) bond motifs is 1. The summed E-state index contributed by atoms with van der Waals surface area (Å²) in [5.74, 6) is -2.18. The van der Waals surface area contributed by atoms with Gasteiger partial charge in [-0.15, -0.1) is 0 Å². The molecule has 1 saturated heterocycles. The normalized spacial score (nSPS) is 25.1. The lowest BCUT2D eigenvalue weighted by atomic mass is 10.1. The summed E-state index contributed by atoms with van der Waals surface area (Å²) >= 11 is 6.45. The average Bonchev–Trinajstić information content (AvgIpc) is 3.14. The molecule has 2 aliphatic rings. The van der Waals surface area contributed by atoms with E-state index in [-0.39, 0.29) is 34.1 Å². The number of benzene rings is 1. The third kappa shape index (κ3) is 2.55. The highest BCUT2D eigenvalue weighted by molar-refractivity contribution is 6.38. The first-order chi connectivity index (χ1) is 12.3. The lowest BCUT2D eigenvalue weighted by Gasteiger charge is -2.23. The number of alkyl halides is 1. The fourth-order valence-electron chi connectivity index (χ4n) is 3.57. The first-order valence-electron chi connectivity index (χ1n) is 8.24. The van der Waals surface area contributed by atoms with Crippen LogP contribution in [0.2, 0.25) is 5.02 Å². The summed E-state index contributed by atoms with van der Waals surface area (Å²) in [6.45, 7) is 0.921. The maximum absolute atomic E-state index is 14.8. The Morgan fingerprint density at radius 3 is 2.65 bits per heavy atom. The molecule has 0 unspecified atom stereocenters. The van der Waals surface area contributed by atoms with Crippen LogP contribution in [0.4, 0.5) is 14.5 Å². The van der Waals surface area contributed by atoms with Crippen molar-refractivity contribution in [3.63, 3.8) is 0 Å². The van der Waals surface area contributed by atoms with E-state index in [0.717, 1.165) is 12.3 Å². The molecule has 3 atom stereocenters. The SMILES string of the molecule is N[C@H]1CCN(c2c(F)cc3c(=O)c(C(=O)O)cn([C@@H]4C[C@@H]4F)c3c2Cl)C1. The fraction of sp³-hybridized carbons (Fsp3) is 0.412. The number of nitrogens with two attached hydrogens (primary N) is 1. The first-order valence-corrected chi connectivity index (χ1v) is 8.62. The summed E-state index contributed by atoms with van der Waals surface area (Å²) in [6.07, 6.45) is 0.801. The lowest BCUT2D eigenvalue weighted by Crippen LogP contribution is -2.27. The van der Waals surface area contributed by atoms with Crippen molar-refractivity contribution >= 4 is 34.2 Å². The number of nitrogens with zero attached hydrogens (tertiary/aromatic N) is 2. The second-order valence-electron chi connectivity index (χ2n) is 6.82. The molecule has 1 aromatic heterocycles. The summed E-state index contributed by atoms with van der Waals surface area (Å²) < 4.78 is 29.8. The van der Waals surface area contributed by atoms with Crippen molar-refractivity contribution in [3.8, 4) is 0 Å². The lowest BCUT2D eigenvalue weighted by molar-refractivity contribution is 0.0694. The number of hydrogen-bond acceptors (Lipinski definition) is 4. The van der Waals surface area contributed by atoms with E-state index in [1.54, 1.807) is 4.90 Å². The van der Waals surface area contributed by atoms with Crippen LogP contribution in [0.5, 0.6) is 0 Å². The summed E-state index contributed by atoms with van der Waals surface area (Å²) in [5.41, 5.74) is 4.77. The molecule has 9 heteroatoms. The maximum atomic E-state index is 14.8. The highest BCUT2D eigenvalue weighted by Gasteiger charge is 2.41. The van der Waals surface area contributed by atoms with Gasteiger partial charge in [0, 0.05) is 31.7 Å². The van der Waals surface area contributed by atoms with E-state index >= 15 is 0 Å². The molecular weight excluding hydrogens is 368 g/mol. The molecule has 0 bridgehead atoms. The van der Waals surface area contributed by atoms with Gasteiger partial charge in [-0.25, -0.2) is 13.6 Å². The Kier molecular flexibility index (Phi) is 3.92. The van der Waals surface area contributed by atoms with Gasteiger partial charge in [0.15, 0.2) is 0 Å². The molecule has 2 aromatic rings. The molecule has 2 heterocycles. The van der Waals surface area contributed by atoms with E-state index in [1.807, 2.05) is 0 Å². The van der Waals surface area contributed by atoms with Crippen LogP contribution >= 0.6 is 11.6 Å². The van der Waals surface area contributed by atoms with E-state index in [0.29, 0.717) is 19.5 Å². The van der Waals surface area contributed by atoms with Gasteiger partial charge in [0.25, 0.3) is 0 Å². The van der Waals surface area contributed by atoms with Gasteiger partial charge in [0.1, 0.15) is 17.6 Å². The zero-order chi connectivity index (χ0) is 18.7. The van der Waals surface area contributed by atoms with Crippen LogP contribution in [-0.4, -0.2) is 40.9 Å². The first kappa shape index (κ1) is 17.2. The molecule has 2 fully saturated rings. The smallest absolute Gasteiger partial charge is 0.341 e. The monoisotopic (exact) mass is 383 g/mol. The van der Waals surface area contributed by atoms with Crippen molar-refractivity contribution in [1.29, 1.82) is 0 Å². The number of carboxylic acid groups (broad SMARTS) is 1. The number of carbonyl (C=O) groups is 1. The highest BCUT2D eigenvalue weighted by atomic mass is 35.5. The van der Waals surface area contributed by atoms with Crippen molar-refractivity contribution in [2.75, 3.05) is 18.0 Å². The fourth-order valence-corrected chi connectivity index (χ4v) is 3.97. The van der Waals surface area contributed by atoms with E-state index in [4.69, 9.17) is 17.3 Å². The van der Waals surface area contributed by atoms with Crippen molar-refractivity contribution in [3.05, 3.63) is 38.9 Å². The number of carboxylic acids is 1. The second-order valence-corrected chi connectivity index (χ2v) is 7.19. The van der Waals surface area contributed by atoms with Gasteiger partial charge in [-0.3, -0.25) is 4.79 Å². The van der Waals surface area contributed by atoms with Crippen molar-refractivity contribution in [1.82, 2.24) is 4.57 Å². The van der Waals surface area contributed by atoms with Crippen LogP contribution in [0.25, 0.3) is 10.9 Å². The van der Waals surface area contributed by atoms with E-state index < -0.39 is 35.0 Å². The van der Waals surface area contributed by atoms with Gasteiger partial charge < -0.3 is 20.3 Å². The second kappa shape index (κ2) is 5.92. The number of aromatic carboxylic acids is 1.